The molecule has 0 aromatic rings. The third-order valence-corrected chi connectivity index (χ3v) is 5.69. The molecule has 1 aliphatic rings. The molecule has 1 saturated heterocycles. The number of phosphoric acid groups is 1. The number of nitrogens with one attached hydrogen (secondary N) is 2. The van der Waals surface area contributed by atoms with E-state index in [4.69, 9.17) is 14.5 Å². The van der Waals surface area contributed by atoms with Crippen molar-refractivity contribution in [3.8, 4) is 0 Å². The summed E-state index contributed by atoms with van der Waals surface area (Å²) >= 11 is 1.05. The Hall–Kier alpha value is -1.66. The first-order valence-corrected chi connectivity index (χ1v) is 11.6. The predicted molar refractivity (Wildman–Crippen MR) is 105 cm³/mol. The lowest BCUT2D eigenvalue weighted by molar-refractivity contribution is -0.165. The lowest BCUT2D eigenvalue weighted by Gasteiger charge is -2.33. The molecule has 30 heavy (non-hydrogen) atoms. The van der Waals surface area contributed by atoms with Gasteiger partial charge >= 0.3 is 19.8 Å². The van der Waals surface area contributed by atoms with Gasteiger partial charge in [0, 0.05) is 30.7 Å². The van der Waals surface area contributed by atoms with Crippen molar-refractivity contribution < 1.29 is 47.5 Å². The highest BCUT2D eigenvalue weighted by molar-refractivity contribution is 8.00. The first kappa shape index (κ1) is 26.4. The number of cyclic esters (lactones) is 1. The molecule has 2 amide bonds. The number of ether oxygens (including phenoxy) is 2. The Morgan fingerprint density at radius 3 is 2.53 bits per heavy atom. The number of hydrogen-bond donors (Lipinski definition) is 4. The van der Waals surface area contributed by atoms with Crippen LogP contribution in [-0.4, -0.2) is 77.5 Å². The molecule has 0 spiro atoms. The van der Waals surface area contributed by atoms with Crippen LogP contribution in [0.15, 0.2) is 0 Å². The first-order chi connectivity index (χ1) is 13.9. The number of carbonyl (C=O) groups excluding carboxylic acids is 4. The summed E-state index contributed by atoms with van der Waals surface area (Å²) in [6.07, 6.45) is -1.83. The summed E-state index contributed by atoms with van der Waals surface area (Å²) in [7, 11) is -3.67. The summed E-state index contributed by atoms with van der Waals surface area (Å²) in [5.41, 5.74) is -1.34. The Labute approximate surface area is 178 Å². The van der Waals surface area contributed by atoms with E-state index in [2.05, 4.69) is 19.9 Å². The van der Waals surface area contributed by atoms with Gasteiger partial charge in [-0.2, -0.15) is 0 Å². The van der Waals surface area contributed by atoms with E-state index in [1.165, 1.54) is 13.8 Å². The van der Waals surface area contributed by atoms with Crippen molar-refractivity contribution in [3.05, 3.63) is 0 Å². The van der Waals surface area contributed by atoms with Gasteiger partial charge < -0.3 is 29.9 Å². The maximum Gasteiger partial charge on any atom is 0.469 e. The zero-order valence-electron chi connectivity index (χ0n) is 16.9. The predicted octanol–water partition coefficient (Wildman–Crippen LogP) is -0.665. The summed E-state index contributed by atoms with van der Waals surface area (Å²) in [5, 5.41) is 4.09. The SMILES string of the molecule is COC(=O)CC1SCCNC(=O)CCNC(=O)[C@@H](C(C)(C)COP(=O)(O)O)OC1=O. The molecule has 0 saturated carbocycles. The second kappa shape index (κ2) is 11.7. The Bertz CT molecular complexity index is 696. The quantitative estimate of drug-likeness (QED) is 0.286. The van der Waals surface area contributed by atoms with Crippen LogP contribution >= 0.6 is 19.6 Å². The van der Waals surface area contributed by atoms with Crippen molar-refractivity contribution in [2.45, 2.75) is 38.0 Å². The van der Waals surface area contributed by atoms with Gasteiger partial charge in [-0.25, -0.2) is 4.57 Å². The van der Waals surface area contributed by atoms with Gasteiger partial charge in [0.15, 0.2) is 6.10 Å². The number of hydrogen-bond acceptors (Lipinski definition) is 9. The lowest BCUT2D eigenvalue weighted by Crippen LogP contribution is -2.50. The number of esters is 2. The van der Waals surface area contributed by atoms with Gasteiger partial charge in [-0.05, 0) is 0 Å². The molecule has 14 heteroatoms. The van der Waals surface area contributed by atoms with Crippen LogP contribution in [0.4, 0.5) is 0 Å². The van der Waals surface area contributed by atoms with Gasteiger partial charge in [-0.1, -0.05) is 13.8 Å². The molecular weight excluding hydrogens is 443 g/mol. The summed E-state index contributed by atoms with van der Waals surface area (Å²) in [6, 6.07) is 0. The average Bonchev–Trinajstić information content (AvgIpc) is 2.65. The van der Waals surface area contributed by atoms with E-state index in [0.717, 1.165) is 18.9 Å². The van der Waals surface area contributed by atoms with Crippen LogP contribution in [0.2, 0.25) is 0 Å². The van der Waals surface area contributed by atoms with E-state index in [1.807, 2.05) is 0 Å². The second-order valence-corrected chi connectivity index (χ2v) is 9.65. The molecule has 0 aromatic heterocycles. The molecule has 0 bridgehead atoms. The molecule has 1 heterocycles. The molecule has 1 aliphatic heterocycles. The van der Waals surface area contributed by atoms with E-state index in [9.17, 15) is 23.7 Å². The Kier molecular flexibility index (Phi) is 10.2. The fourth-order valence-electron chi connectivity index (χ4n) is 2.40. The minimum Gasteiger partial charge on any atom is -0.469 e. The molecule has 2 atom stereocenters. The molecule has 0 aromatic carbocycles. The highest BCUT2D eigenvalue weighted by Crippen LogP contribution is 2.39. The van der Waals surface area contributed by atoms with E-state index in [1.54, 1.807) is 0 Å². The monoisotopic (exact) mass is 470 g/mol. The number of phosphoric ester groups is 1. The largest absolute Gasteiger partial charge is 0.469 e. The smallest absolute Gasteiger partial charge is 0.469 e. The third kappa shape index (κ3) is 9.43. The van der Waals surface area contributed by atoms with Gasteiger partial charge in [0.1, 0.15) is 5.25 Å². The molecular formula is C16H27N2O10PS. The highest BCUT2D eigenvalue weighted by Gasteiger charge is 2.42. The topological polar surface area (TPSA) is 178 Å². The maximum absolute atomic E-state index is 12.7. The van der Waals surface area contributed by atoms with Crippen molar-refractivity contribution in [2.75, 3.05) is 32.6 Å². The van der Waals surface area contributed by atoms with Gasteiger partial charge in [-0.15, -0.1) is 11.8 Å². The first-order valence-electron chi connectivity index (χ1n) is 8.99. The normalized spacial score (nSPS) is 22.5. The number of rotatable bonds is 6. The molecule has 0 radical (unpaired) electrons. The molecule has 12 nitrogen and oxygen atoms in total. The number of carbonyl (C=O) groups is 4. The van der Waals surface area contributed by atoms with Gasteiger partial charge in [0.25, 0.3) is 5.91 Å². The number of amides is 2. The van der Waals surface area contributed by atoms with Crippen LogP contribution in [0.1, 0.15) is 26.7 Å². The molecule has 1 rings (SSSR count). The minimum atomic E-state index is -4.84. The summed E-state index contributed by atoms with van der Waals surface area (Å²) in [6.45, 7) is 2.46. The Morgan fingerprint density at radius 2 is 1.93 bits per heavy atom. The fourth-order valence-corrected chi connectivity index (χ4v) is 3.85. The van der Waals surface area contributed by atoms with Crippen molar-refractivity contribution in [2.24, 2.45) is 5.41 Å². The summed E-state index contributed by atoms with van der Waals surface area (Å²) in [4.78, 5) is 66.8. The zero-order chi connectivity index (χ0) is 22.9. The lowest BCUT2D eigenvalue weighted by atomic mass is 9.86. The average molecular weight is 470 g/mol. The van der Waals surface area contributed by atoms with Crippen LogP contribution in [0, 0.1) is 5.41 Å². The Balaban J connectivity index is 3.12. The standard InChI is InChI=1S/C16H27N2O10PS/c1-16(2,9-27-29(23,24)25)13-14(21)18-5-4-11(19)17-6-7-30-10(15(22)28-13)8-12(20)26-3/h10,13H,4-9H2,1-3H3,(H,17,19)(H,18,21)(H2,23,24,25)/t10?,13-/m0/s1. The highest BCUT2D eigenvalue weighted by atomic mass is 32.2. The van der Waals surface area contributed by atoms with Gasteiger partial charge in [0.2, 0.25) is 5.91 Å². The number of thioether (sulfide) groups is 1. The van der Waals surface area contributed by atoms with Crippen LogP contribution in [0.25, 0.3) is 0 Å². The van der Waals surface area contributed by atoms with Crippen molar-refractivity contribution >= 4 is 43.3 Å². The van der Waals surface area contributed by atoms with Crippen LogP contribution < -0.4 is 10.6 Å². The second-order valence-electron chi connectivity index (χ2n) is 7.10. The zero-order valence-corrected chi connectivity index (χ0v) is 18.6. The molecule has 0 aliphatic carbocycles. The van der Waals surface area contributed by atoms with Crippen molar-refractivity contribution in [3.63, 3.8) is 0 Å². The molecule has 4 N–H and O–H groups in total. The molecule has 1 fully saturated rings. The van der Waals surface area contributed by atoms with Crippen LogP contribution in [0.5, 0.6) is 0 Å². The maximum atomic E-state index is 12.7. The number of methoxy groups -OCH3 is 1. The third-order valence-electron chi connectivity index (χ3n) is 4.02. The Morgan fingerprint density at radius 1 is 1.27 bits per heavy atom. The van der Waals surface area contributed by atoms with E-state index in [-0.39, 0.29) is 31.8 Å². The molecule has 1 unspecified atom stereocenters. The van der Waals surface area contributed by atoms with E-state index < -0.39 is 49.0 Å². The van der Waals surface area contributed by atoms with Crippen LogP contribution in [0.3, 0.4) is 0 Å². The van der Waals surface area contributed by atoms with Gasteiger partial charge in [0.05, 0.1) is 20.1 Å². The fraction of sp³-hybridized carbons (Fsp3) is 0.750. The van der Waals surface area contributed by atoms with Gasteiger partial charge in [-0.3, -0.25) is 23.7 Å². The van der Waals surface area contributed by atoms with E-state index >= 15 is 0 Å². The minimum absolute atomic E-state index is 0.0118. The molecule has 172 valence electrons. The van der Waals surface area contributed by atoms with Crippen LogP contribution in [-0.2, 0) is 37.7 Å². The van der Waals surface area contributed by atoms with Crippen molar-refractivity contribution in [1.29, 1.82) is 0 Å². The van der Waals surface area contributed by atoms with E-state index in [0.29, 0.717) is 5.75 Å². The summed E-state index contributed by atoms with van der Waals surface area (Å²) in [5.74, 6) is -2.31. The summed E-state index contributed by atoms with van der Waals surface area (Å²) < 4.78 is 25.5. The van der Waals surface area contributed by atoms with Crippen molar-refractivity contribution in [1.82, 2.24) is 10.6 Å².